The van der Waals surface area contributed by atoms with Crippen LogP contribution in [0.3, 0.4) is 0 Å². The predicted molar refractivity (Wildman–Crippen MR) is 152 cm³/mol. The molecule has 6 aromatic rings. The summed E-state index contributed by atoms with van der Waals surface area (Å²) in [5.74, 6) is -0.218. The Morgan fingerprint density at radius 2 is 1.72 bits per heavy atom. The van der Waals surface area contributed by atoms with Gasteiger partial charge < -0.3 is 8.98 Å². The van der Waals surface area contributed by atoms with E-state index in [1.54, 1.807) is 12.3 Å². The van der Waals surface area contributed by atoms with Gasteiger partial charge >= 0.3 is 5.91 Å². The Hall–Kier alpha value is -3.68. The largest absolute Gasteiger partial charge is 0.450 e. The first-order valence-electron chi connectivity index (χ1n) is 11.3. The Labute approximate surface area is 223 Å². The molecule has 7 heteroatoms. The minimum absolute atomic E-state index is 0.194. The van der Waals surface area contributed by atoms with Crippen molar-refractivity contribution < 1.29 is 9.21 Å². The monoisotopic (exact) mass is 599 g/mol. The number of nitrogens with one attached hydrogen (secondary N) is 1. The van der Waals surface area contributed by atoms with Crippen molar-refractivity contribution in [1.29, 1.82) is 0 Å². The van der Waals surface area contributed by atoms with Gasteiger partial charge in [0.05, 0.1) is 10.7 Å². The average molecular weight is 601 g/mol. The van der Waals surface area contributed by atoms with Gasteiger partial charge in [-0.2, -0.15) is 5.10 Å². The van der Waals surface area contributed by atoms with Crippen LogP contribution >= 0.6 is 31.9 Å². The van der Waals surface area contributed by atoms with E-state index in [-0.39, 0.29) is 5.76 Å². The van der Waals surface area contributed by atoms with Gasteiger partial charge in [0.2, 0.25) is 0 Å². The maximum Gasteiger partial charge on any atom is 0.307 e. The van der Waals surface area contributed by atoms with Crippen molar-refractivity contribution in [1.82, 2.24) is 9.99 Å². The van der Waals surface area contributed by atoms with E-state index in [1.165, 1.54) is 16.3 Å². The van der Waals surface area contributed by atoms with Crippen LogP contribution in [0.5, 0.6) is 0 Å². The Morgan fingerprint density at radius 1 is 0.917 bits per heavy atom. The molecule has 0 unspecified atom stereocenters. The van der Waals surface area contributed by atoms with Crippen molar-refractivity contribution in [2.75, 3.05) is 0 Å². The minimum Gasteiger partial charge on any atom is -0.450 e. The first-order valence-corrected chi connectivity index (χ1v) is 12.9. The fourth-order valence-corrected chi connectivity index (χ4v) is 5.79. The van der Waals surface area contributed by atoms with E-state index >= 15 is 0 Å². The third-order valence-electron chi connectivity index (χ3n) is 6.12. The molecule has 0 fully saturated rings. The second-order valence-electron chi connectivity index (χ2n) is 8.53. The number of hydrazone groups is 1. The molecule has 1 amide bonds. The summed E-state index contributed by atoms with van der Waals surface area (Å²) in [5, 5.41) is 8.56. The number of para-hydroxylation sites is 1. The molecule has 6 rings (SSSR count). The van der Waals surface area contributed by atoms with E-state index in [2.05, 4.69) is 108 Å². The molecule has 36 heavy (non-hydrogen) atoms. The van der Waals surface area contributed by atoms with Crippen molar-refractivity contribution in [3.05, 3.63) is 117 Å². The van der Waals surface area contributed by atoms with Crippen LogP contribution in [0.1, 0.15) is 21.7 Å². The van der Waals surface area contributed by atoms with Crippen molar-refractivity contribution in [2.45, 2.75) is 6.54 Å². The summed E-state index contributed by atoms with van der Waals surface area (Å²) in [6.45, 7) is 0.731. The van der Waals surface area contributed by atoms with Gasteiger partial charge in [-0.15, -0.1) is 0 Å². The molecule has 2 heterocycles. The van der Waals surface area contributed by atoms with Crippen molar-refractivity contribution in [3.63, 3.8) is 0 Å². The number of carbonyl (C=O) groups is 1. The first-order chi connectivity index (χ1) is 17.5. The van der Waals surface area contributed by atoms with Crippen LogP contribution in [0.15, 0.2) is 110 Å². The number of aromatic nitrogens is 1. The number of hydrogen-bond donors (Lipinski definition) is 1. The van der Waals surface area contributed by atoms with E-state index in [9.17, 15) is 4.79 Å². The SMILES string of the molecule is O=C(N/N=C\c1cn(Cc2ccc3ccccc3c2)c2ccccc12)c1cc2cc(Br)cc(Br)c2o1. The smallest absolute Gasteiger partial charge is 0.307 e. The molecule has 5 nitrogen and oxygen atoms in total. The summed E-state index contributed by atoms with van der Waals surface area (Å²) < 4.78 is 9.61. The molecular formula is C29H19Br2N3O2. The summed E-state index contributed by atoms with van der Waals surface area (Å²) in [6, 6.07) is 28.6. The van der Waals surface area contributed by atoms with Crippen LogP contribution in [0.25, 0.3) is 32.6 Å². The standard InChI is InChI=1S/C29H19Br2N3O2/c30-23-12-21-13-27(36-28(21)25(31)14-23)29(35)33-32-15-22-17-34(26-8-4-3-7-24(22)26)16-18-9-10-19-5-1-2-6-20(19)11-18/h1-15,17H,16H2,(H,33,35)/b32-15-. The summed E-state index contributed by atoms with van der Waals surface area (Å²) >= 11 is 6.92. The van der Waals surface area contributed by atoms with Crippen LogP contribution < -0.4 is 5.43 Å². The van der Waals surface area contributed by atoms with E-state index in [0.717, 1.165) is 37.3 Å². The minimum atomic E-state index is -0.412. The Bertz CT molecular complexity index is 1800. The number of fused-ring (bicyclic) bond motifs is 3. The zero-order valence-corrected chi connectivity index (χ0v) is 22.1. The average Bonchev–Trinajstić information content (AvgIpc) is 3.46. The van der Waals surface area contributed by atoms with Crippen molar-refractivity contribution in [2.24, 2.45) is 5.10 Å². The Morgan fingerprint density at radius 3 is 2.61 bits per heavy atom. The highest BCUT2D eigenvalue weighted by Gasteiger charge is 2.14. The number of carbonyl (C=O) groups excluding carboxylic acids is 1. The highest BCUT2D eigenvalue weighted by Crippen LogP contribution is 2.31. The second-order valence-corrected chi connectivity index (χ2v) is 10.3. The molecule has 0 saturated carbocycles. The Kier molecular flexibility index (Phi) is 5.95. The summed E-state index contributed by atoms with van der Waals surface area (Å²) in [6.07, 6.45) is 3.73. The Balaban J connectivity index is 1.25. The lowest BCUT2D eigenvalue weighted by Crippen LogP contribution is -2.16. The topological polar surface area (TPSA) is 59.5 Å². The number of halogens is 2. The van der Waals surface area contributed by atoms with Crippen LogP contribution in [0, 0.1) is 0 Å². The molecule has 0 aliphatic carbocycles. The van der Waals surface area contributed by atoms with Crippen molar-refractivity contribution in [3.8, 4) is 0 Å². The first kappa shape index (κ1) is 22.8. The van der Waals surface area contributed by atoms with E-state index < -0.39 is 5.91 Å². The summed E-state index contributed by atoms with van der Waals surface area (Å²) in [4.78, 5) is 12.7. The van der Waals surface area contributed by atoms with Crippen LogP contribution in [-0.4, -0.2) is 16.7 Å². The molecule has 0 saturated heterocycles. The number of hydrogen-bond acceptors (Lipinski definition) is 3. The molecule has 0 bridgehead atoms. The van der Waals surface area contributed by atoms with Gasteiger partial charge in [-0.3, -0.25) is 4.79 Å². The lowest BCUT2D eigenvalue weighted by Gasteiger charge is -2.07. The van der Waals surface area contributed by atoms with E-state index in [0.29, 0.717) is 5.58 Å². The van der Waals surface area contributed by atoms with Gasteiger partial charge in [0.25, 0.3) is 0 Å². The molecule has 2 aromatic heterocycles. The zero-order valence-electron chi connectivity index (χ0n) is 18.9. The van der Waals surface area contributed by atoms with Crippen molar-refractivity contribution >= 4 is 76.6 Å². The molecule has 0 aliphatic heterocycles. The van der Waals surface area contributed by atoms with Crippen LogP contribution in [0.2, 0.25) is 0 Å². The summed E-state index contributed by atoms with van der Waals surface area (Å²) in [7, 11) is 0. The van der Waals surface area contributed by atoms with Gasteiger partial charge in [0.15, 0.2) is 5.76 Å². The lowest BCUT2D eigenvalue weighted by molar-refractivity contribution is 0.0929. The van der Waals surface area contributed by atoms with E-state index in [4.69, 9.17) is 4.42 Å². The highest BCUT2D eigenvalue weighted by atomic mass is 79.9. The molecule has 176 valence electrons. The molecule has 4 aromatic carbocycles. The maximum absolute atomic E-state index is 12.7. The molecule has 0 spiro atoms. The molecule has 0 radical (unpaired) electrons. The normalized spacial score (nSPS) is 11.7. The predicted octanol–water partition coefficient (Wildman–Crippen LogP) is 7.88. The third-order valence-corrected chi connectivity index (χ3v) is 7.16. The number of rotatable bonds is 5. The van der Waals surface area contributed by atoms with Crippen LogP contribution in [0.4, 0.5) is 0 Å². The molecule has 0 aliphatic rings. The van der Waals surface area contributed by atoms with Gasteiger partial charge in [0, 0.05) is 39.1 Å². The van der Waals surface area contributed by atoms with Gasteiger partial charge in [0.1, 0.15) is 5.58 Å². The molecule has 0 atom stereocenters. The summed E-state index contributed by atoms with van der Waals surface area (Å²) in [5.41, 5.74) is 6.44. The van der Waals surface area contributed by atoms with Gasteiger partial charge in [-0.25, -0.2) is 5.43 Å². The molecular weight excluding hydrogens is 582 g/mol. The lowest BCUT2D eigenvalue weighted by atomic mass is 10.1. The van der Waals surface area contributed by atoms with Gasteiger partial charge in [-0.1, -0.05) is 70.5 Å². The zero-order chi connectivity index (χ0) is 24.6. The number of amides is 1. The fraction of sp³-hybridized carbons (Fsp3) is 0.0345. The maximum atomic E-state index is 12.7. The highest BCUT2D eigenvalue weighted by molar-refractivity contribution is 9.11. The number of furan rings is 1. The number of nitrogens with zero attached hydrogens (tertiary/aromatic N) is 2. The fourth-order valence-electron chi connectivity index (χ4n) is 4.45. The second kappa shape index (κ2) is 9.41. The quantitative estimate of drug-likeness (QED) is 0.162. The number of benzene rings is 4. The van der Waals surface area contributed by atoms with Crippen LogP contribution in [-0.2, 0) is 6.54 Å². The third kappa shape index (κ3) is 4.36. The van der Waals surface area contributed by atoms with E-state index in [1.807, 2.05) is 24.3 Å². The van der Waals surface area contributed by atoms with Gasteiger partial charge in [-0.05, 0) is 62.6 Å². The molecule has 1 N–H and O–H groups in total.